The first-order valence-electron chi connectivity index (χ1n) is 7.60. The molecule has 0 aliphatic carbocycles. The quantitative estimate of drug-likeness (QED) is 0.782. The first-order chi connectivity index (χ1) is 11.1. The second-order valence-electron chi connectivity index (χ2n) is 5.61. The number of ketones is 1. The number of rotatable bonds is 3. The molecular formula is C19H17BrFNO. The van der Waals surface area contributed by atoms with Crippen LogP contribution >= 0.6 is 15.9 Å². The van der Waals surface area contributed by atoms with E-state index in [1.54, 1.807) is 12.1 Å². The Morgan fingerprint density at radius 1 is 1.22 bits per heavy atom. The summed E-state index contributed by atoms with van der Waals surface area (Å²) < 4.78 is 14.1. The van der Waals surface area contributed by atoms with E-state index in [4.69, 9.17) is 0 Å². The van der Waals surface area contributed by atoms with E-state index in [2.05, 4.69) is 27.8 Å². The van der Waals surface area contributed by atoms with Gasteiger partial charge < -0.3 is 4.90 Å². The van der Waals surface area contributed by atoms with Crippen molar-refractivity contribution in [3.05, 3.63) is 76.1 Å². The Morgan fingerprint density at radius 2 is 1.96 bits per heavy atom. The van der Waals surface area contributed by atoms with Gasteiger partial charge >= 0.3 is 0 Å². The van der Waals surface area contributed by atoms with E-state index < -0.39 is 0 Å². The zero-order valence-electron chi connectivity index (χ0n) is 12.8. The Kier molecular flexibility index (Phi) is 4.62. The molecule has 1 heterocycles. The average Bonchev–Trinajstić information content (AvgIpc) is 2.56. The summed E-state index contributed by atoms with van der Waals surface area (Å²) in [7, 11) is 0. The zero-order chi connectivity index (χ0) is 16.4. The van der Waals surface area contributed by atoms with Gasteiger partial charge in [0.05, 0.1) is 5.92 Å². The van der Waals surface area contributed by atoms with E-state index >= 15 is 0 Å². The number of halogens is 2. The molecule has 0 aromatic heterocycles. The summed E-state index contributed by atoms with van der Waals surface area (Å²) in [5.74, 6) is -0.471. The van der Waals surface area contributed by atoms with Gasteiger partial charge in [0, 0.05) is 29.3 Å². The highest BCUT2D eigenvalue weighted by atomic mass is 79.9. The molecule has 0 saturated heterocycles. The highest BCUT2D eigenvalue weighted by Gasteiger charge is 2.30. The molecule has 0 bridgehead atoms. The number of hydrogen-bond acceptors (Lipinski definition) is 2. The van der Waals surface area contributed by atoms with E-state index in [0.29, 0.717) is 12.1 Å². The fraction of sp³-hybridized carbons (Fsp3) is 0.211. The summed E-state index contributed by atoms with van der Waals surface area (Å²) in [5.41, 5.74) is 2.46. The molecule has 4 heteroatoms. The molecule has 1 aliphatic rings. The third-order valence-corrected chi connectivity index (χ3v) is 4.62. The average molecular weight is 374 g/mol. The van der Waals surface area contributed by atoms with Crippen molar-refractivity contribution in [2.24, 2.45) is 0 Å². The minimum atomic E-state index is -0.285. The Balaban J connectivity index is 2.01. The van der Waals surface area contributed by atoms with Crippen molar-refractivity contribution in [1.82, 2.24) is 4.90 Å². The number of likely N-dealkylation sites (N-methyl/N-ethyl adjacent to an activating group) is 1. The van der Waals surface area contributed by atoms with Crippen molar-refractivity contribution >= 4 is 27.3 Å². The Morgan fingerprint density at radius 3 is 2.61 bits per heavy atom. The predicted molar refractivity (Wildman–Crippen MR) is 93.5 cm³/mol. The maximum atomic E-state index is 13.2. The van der Waals surface area contributed by atoms with Gasteiger partial charge in [-0.2, -0.15) is 0 Å². The smallest absolute Gasteiger partial charge is 0.174 e. The number of allylic oxidation sites excluding steroid dienone is 1. The van der Waals surface area contributed by atoms with E-state index in [1.165, 1.54) is 12.1 Å². The van der Waals surface area contributed by atoms with Crippen LogP contribution in [-0.4, -0.2) is 23.8 Å². The summed E-state index contributed by atoms with van der Waals surface area (Å²) in [6.07, 6.45) is 1.93. The van der Waals surface area contributed by atoms with Crippen molar-refractivity contribution in [1.29, 1.82) is 0 Å². The molecule has 2 nitrogen and oxygen atoms in total. The summed E-state index contributed by atoms with van der Waals surface area (Å²) in [5, 5.41) is 0. The van der Waals surface area contributed by atoms with Crippen molar-refractivity contribution in [2.45, 2.75) is 12.8 Å². The molecule has 1 unspecified atom stereocenters. The fourth-order valence-electron chi connectivity index (χ4n) is 2.85. The topological polar surface area (TPSA) is 20.3 Å². The third-order valence-electron chi connectivity index (χ3n) is 4.12. The molecule has 0 fully saturated rings. The van der Waals surface area contributed by atoms with E-state index in [9.17, 15) is 9.18 Å². The lowest BCUT2D eigenvalue weighted by molar-refractivity contribution is -0.115. The molecule has 23 heavy (non-hydrogen) atoms. The van der Waals surface area contributed by atoms with Gasteiger partial charge in [0.2, 0.25) is 0 Å². The minimum absolute atomic E-state index is 0.0828. The van der Waals surface area contributed by atoms with Crippen molar-refractivity contribution in [3.63, 3.8) is 0 Å². The molecule has 2 aromatic carbocycles. The summed E-state index contributed by atoms with van der Waals surface area (Å²) in [6.45, 7) is 3.51. The number of nitrogens with zero attached hydrogens (tertiary/aromatic N) is 1. The summed E-state index contributed by atoms with van der Waals surface area (Å²) in [4.78, 5) is 15.1. The molecule has 0 N–H and O–H groups in total. The normalized spacial score (nSPS) is 18.0. The van der Waals surface area contributed by atoms with E-state index in [1.807, 2.05) is 30.5 Å². The van der Waals surface area contributed by atoms with Gasteiger partial charge in [-0.15, -0.1) is 0 Å². The Bertz CT molecular complexity index is 754. The van der Waals surface area contributed by atoms with Crippen LogP contribution in [0.2, 0.25) is 0 Å². The fourth-order valence-corrected chi connectivity index (χ4v) is 3.25. The van der Waals surface area contributed by atoms with E-state index in [0.717, 1.165) is 22.1 Å². The second kappa shape index (κ2) is 6.67. The molecule has 118 valence electrons. The van der Waals surface area contributed by atoms with Crippen molar-refractivity contribution < 1.29 is 9.18 Å². The first kappa shape index (κ1) is 15.9. The monoisotopic (exact) mass is 373 g/mol. The van der Waals surface area contributed by atoms with Crippen LogP contribution in [0.4, 0.5) is 4.39 Å². The molecule has 0 spiro atoms. The maximum absolute atomic E-state index is 13.2. The Labute approximate surface area is 143 Å². The van der Waals surface area contributed by atoms with Gasteiger partial charge in [0.1, 0.15) is 5.82 Å². The molecule has 2 aromatic rings. The number of carbonyl (C=O) groups excluding carboxylic acids is 1. The summed E-state index contributed by atoms with van der Waals surface area (Å²) in [6, 6.07) is 14.0. The standard InChI is InChI=1S/C19H17BrFNO/c1-2-22-11-17(13-6-8-16(21)9-7-13)19(23)18(12-22)14-4-3-5-15(20)10-14/h3-10,12,17H,2,11H2,1H3. The lowest BCUT2D eigenvalue weighted by Crippen LogP contribution is -2.34. The number of hydrogen-bond donors (Lipinski definition) is 0. The largest absolute Gasteiger partial charge is 0.376 e. The van der Waals surface area contributed by atoms with Crippen LogP contribution in [0.15, 0.2) is 59.2 Å². The van der Waals surface area contributed by atoms with Gasteiger partial charge in [-0.05, 0) is 42.3 Å². The molecule has 0 radical (unpaired) electrons. The van der Waals surface area contributed by atoms with Crippen LogP contribution in [-0.2, 0) is 4.79 Å². The van der Waals surface area contributed by atoms with Gasteiger partial charge in [-0.3, -0.25) is 4.79 Å². The third kappa shape index (κ3) is 3.37. The highest BCUT2D eigenvalue weighted by Crippen LogP contribution is 2.32. The SMILES string of the molecule is CCN1C=C(c2cccc(Br)c2)C(=O)C(c2ccc(F)cc2)C1. The van der Waals surface area contributed by atoms with Crippen LogP contribution in [0.3, 0.4) is 0 Å². The highest BCUT2D eigenvalue weighted by molar-refractivity contribution is 9.10. The second-order valence-corrected chi connectivity index (χ2v) is 6.52. The van der Waals surface area contributed by atoms with Crippen molar-refractivity contribution in [2.75, 3.05) is 13.1 Å². The van der Waals surface area contributed by atoms with Gasteiger partial charge in [0.15, 0.2) is 5.78 Å². The first-order valence-corrected chi connectivity index (χ1v) is 8.39. The van der Waals surface area contributed by atoms with Crippen LogP contribution in [0.5, 0.6) is 0 Å². The minimum Gasteiger partial charge on any atom is -0.376 e. The van der Waals surface area contributed by atoms with Crippen LogP contribution < -0.4 is 0 Å². The van der Waals surface area contributed by atoms with Crippen molar-refractivity contribution in [3.8, 4) is 0 Å². The Hall–Kier alpha value is -1.94. The lowest BCUT2D eigenvalue weighted by Gasteiger charge is -2.31. The molecule has 0 amide bonds. The summed E-state index contributed by atoms with van der Waals surface area (Å²) >= 11 is 3.46. The van der Waals surface area contributed by atoms with Crippen LogP contribution in [0.1, 0.15) is 24.0 Å². The molecule has 1 aliphatic heterocycles. The zero-order valence-corrected chi connectivity index (χ0v) is 14.4. The predicted octanol–water partition coefficient (Wildman–Crippen LogP) is 4.62. The molecule has 1 atom stereocenters. The molecular weight excluding hydrogens is 357 g/mol. The lowest BCUT2D eigenvalue weighted by atomic mass is 9.85. The van der Waals surface area contributed by atoms with Gasteiger partial charge in [0.25, 0.3) is 0 Å². The molecule has 0 saturated carbocycles. The van der Waals surface area contributed by atoms with E-state index in [-0.39, 0.29) is 17.5 Å². The number of benzene rings is 2. The number of carbonyl (C=O) groups is 1. The number of Topliss-reactive ketones (excluding diaryl/α,β-unsaturated/α-hetero) is 1. The van der Waals surface area contributed by atoms with Crippen LogP contribution in [0, 0.1) is 5.82 Å². The maximum Gasteiger partial charge on any atom is 0.174 e. The van der Waals surface area contributed by atoms with Crippen LogP contribution in [0.25, 0.3) is 5.57 Å². The molecule has 3 rings (SSSR count). The van der Waals surface area contributed by atoms with Gasteiger partial charge in [-0.25, -0.2) is 4.39 Å². The van der Waals surface area contributed by atoms with Gasteiger partial charge in [-0.1, -0.05) is 40.2 Å².